The zero-order valence-electron chi connectivity index (χ0n) is 13.3. The standard InChI is InChI=1S/C15H27NO6/c1-2-3-4-6-15(20)22-12-11-21-10-5-9-16-13(17)7-8-14(18)19/h2-12H2,1H3,(H,16,17)(H,18,19). The number of carboxylic acid groups (broad SMARTS) is 1. The Labute approximate surface area is 131 Å². The Balaban J connectivity index is 3.28. The molecule has 0 aliphatic heterocycles. The van der Waals surface area contributed by atoms with Gasteiger partial charge in [0, 0.05) is 26.0 Å². The number of carbonyl (C=O) groups excluding carboxylic acids is 2. The minimum atomic E-state index is -0.984. The number of nitrogens with one attached hydrogen (secondary N) is 1. The number of carboxylic acids is 1. The summed E-state index contributed by atoms with van der Waals surface area (Å²) in [4.78, 5) is 32.7. The van der Waals surface area contributed by atoms with Gasteiger partial charge in [-0.1, -0.05) is 19.8 Å². The van der Waals surface area contributed by atoms with Crippen molar-refractivity contribution in [2.45, 2.75) is 51.9 Å². The van der Waals surface area contributed by atoms with Crippen LogP contribution in [0.1, 0.15) is 51.9 Å². The molecule has 0 aromatic carbocycles. The molecule has 0 saturated heterocycles. The van der Waals surface area contributed by atoms with Gasteiger partial charge in [0.05, 0.1) is 13.0 Å². The summed E-state index contributed by atoms with van der Waals surface area (Å²) in [5.41, 5.74) is 0. The molecule has 22 heavy (non-hydrogen) atoms. The Bertz CT molecular complexity index is 332. The van der Waals surface area contributed by atoms with E-state index >= 15 is 0 Å². The molecule has 7 heteroatoms. The highest BCUT2D eigenvalue weighted by Crippen LogP contribution is 2.00. The average molecular weight is 317 g/mol. The maximum Gasteiger partial charge on any atom is 0.305 e. The number of esters is 1. The first-order chi connectivity index (χ1) is 10.6. The third-order valence-corrected chi connectivity index (χ3v) is 2.83. The molecule has 0 spiro atoms. The van der Waals surface area contributed by atoms with Crippen LogP contribution < -0.4 is 5.32 Å². The monoisotopic (exact) mass is 317 g/mol. The van der Waals surface area contributed by atoms with Gasteiger partial charge in [-0.15, -0.1) is 0 Å². The summed E-state index contributed by atoms with van der Waals surface area (Å²) >= 11 is 0. The van der Waals surface area contributed by atoms with E-state index in [2.05, 4.69) is 12.2 Å². The highest BCUT2D eigenvalue weighted by Gasteiger charge is 2.04. The first-order valence-corrected chi connectivity index (χ1v) is 7.78. The van der Waals surface area contributed by atoms with Crippen LogP contribution in [0.5, 0.6) is 0 Å². The van der Waals surface area contributed by atoms with Gasteiger partial charge >= 0.3 is 11.9 Å². The molecule has 0 aliphatic rings. The van der Waals surface area contributed by atoms with Gasteiger partial charge in [0.25, 0.3) is 0 Å². The molecule has 2 N–H and O–H groups in total. The molecule has 0 fully saturated rings. The second-order valence-electron chi connectivity index (χ2n) is 4.89. The molecular formula is C15H27NO6. The largest absolute Gasteiger partial charge is 0.481 e. The lowest BCUT2D eigenvalue weighted by Gasteiger charge is -2.07. The van der Waals surface area contributed by atoms with E-state index in [9.17, 15) is 14.4 Å². The molecule has 0 rings (SSSR count). The van der Waals surface area contributed by atoms with Crippen molar-refractivity contribution in [3.8, 4) is 0 Å². The lowest BCUT2D eigenvalue weighted by molar-refractivity contribution is -0.145. The number of unbranched alkanes of at least 4 members (excludes halogenated alkanes) is 2. The number of rotatable bonds is 14. The zero-order chi connectivity index (χ0) is 16.6. The molecule has 0 radical (unpaired) electrons. The summed E-state index contributed by atoms with van der Waals surface area (Å²) in [7, 11) is 0. The van der Waals surface area contributed by atoms with Crippen molar-refractivity contribution < 1.29 is 29.0 Å². The predicted octanol–water partition coefficient (Wildman–Crippen LogP) is 1.50. The number of ether oxygens (including phenoxy) is 2. The molecule has 0 atom stereocenters. The van der Waals surface area contributed by atoms with Crippen LogP contribution in [-0.2, 0) is 23.9 Å². The molecule has 0 heterocycles. The fourth-order valence-corrected chi connectivity index (χ4v) is 1.62. The smallest absolute Gasteiger partial charge is 0.305 e. The van der Waals surface area contributed by atoms with Gasteiger partial charge in [0.1, 0.15) is 6.61 Å². The minimum absolute atomic E-state index is 0.00975. The number of aliphatic carboxylic acids is 1. The Morgan fingerprint density at radius 2 is 1.73 bits per heavy atom. The van der Waals surface area contributed by atoms with Gasteiger partial charge in [-0.05, 0) is 12.8 Å². The molecule has 0 bridgehead atoms. The second kappa shape index (κ2) is 14.3. The fraction of sp³-hybridized carbons (Fsp3) is 0.800. The SMILES string of the molecule is CCCCCC(=O)OCCOCCCNC(=O)CCC(=O)O. The van der Waals surface area contributed by atoms with Crippen molar-refractivity contribution in [3.05, 3.63) is 0 Å². The highest BCUT2D eigenvalue weighted by molar-refractivity contribution is 5.80. The van der Waals surface area contributed by atoms with Gasteiger partial charge in [0.2, 0.25) is 5.91 Å². The molecule has 128 valence electrons. The van der Waals surface area contributed by atoms with Crippen molar-refractivity contribution in [3.63, 3.8) is 0 Å². The second-order valence-corrected chi connectivity index (χ2v) is 4.89. The summed E-state index contributed by atoms with van der Waals surface area (Å²) in [5.74, 6) is -1.45. The van der Waals surface area contributed by atoms with Crippen molar-refractivity contribution in [1.82, 2.24) is 5.32 Å². The van der Waals surface area contributed by atoms with Crippen LogP contribution in [0.4, 0.5) is 0 Å². The molecule has 0 aromatic heterocycles. The summed E-state index contributed by atoms with van der Waals surface area (Å²) in [6, 6.07) is 0. The summed E-state index contributed by atoms with van der Waals surface area (Å²) in [6.45, 7) is 3.55. The molecule has 7 nitrogen and oxygen atoms in total. The van der Waals surface area contributed by atoms with Gasteiger partial charge in [-0.25, -0.2) is 0 Å². The zero-order valence-corrected chi connectivity index (χ0v) is 13.3. The Morgan fingerprint density at radius 1 is 0.955 bits per heavy atom. The van der Waals surface area contributed by atoms with E-state index in [1.807, 2.05) is 0 Å². The van der Waals surface area contributed by atoms with Crippen LogP contribution in [-0.4, -0.2) is 49.3 Å². The van der Waals surface area contributed by atoms with Crippen molar-refractivity contribution in [2.24, 2.45) is 0 Å². The van der Waals surface area contributed by atoms with Crippen molar-refractivity contribution in [1.29, 1.82) is 0 Å². The van der Waals surface area contributed by atoms with Crippen LogP contribution in [0.3, 0.4) is 0 Å². The number of hydrogen-bond acceptors (Lipinski definition) is 5. The fourth-order valence-electron chi connectivity index (χ4n) is 1.62. The van der Waals surface area contributed by atoms with E-state index in [4.69, 9.17) is 14.6 Å². The number of hydrogen-bond donors (Lipinski definition) is 2. The Hall–Kier alpha value is -1.63. The van der Waals surface area contributed by atoms with Crippen LogP contribution in [0.15, 0.2) is 0 Å². The highest BCUT2D eigenvalue weighted by atomic mass is 16.6. The van der Waals surface area contributed by atoms with Crippen LogP contribution in [0.25, 0.3) is 0 Å². The van der Waals surface area contributed by atoms with E-state index < -0.39 is 5.97 Å². The quantitative estimate of drug-likeness (QED) is 0.372. The van der Waals surface area contributed by atoms with Crippen LogP contribution >= 0.6 is 0 Å². The van der Waals surface area contributed by atoms with E-state index in [-0.39, 0.29) is 31.3 Å². The van der Waals surface area contributed by atoms with Gasteiger partial charge in [-0.2, -0.15) is 0 Å². The van der Waals surface area contributed by atoms with E-state index in [0.29, 0.717) is 32.6 Å². The first kappa shape index (κ1) is 20.4. The maximum atomic E-state index is 11.3. The molecule has 0 unspecified atom stereocenters. The average Bonchev–Trinajstić information content (AvgIpc) is 2.48. The van der Waals surface area contributed by atoms with E-state index in [0.717, 1.165) is 19.3 Å². The third-order valence-electron chi connectivity index (χ3n) is 2.83. The van der Waals surface area contributed by atoms with E-state index in [1.54, 1.807) is 0 Å². The van der Waals surface area contributed by atoms with Crippen molar-refractivity contribution >= 4 is 17.8 Å². The topological polar surface area (TPSA) is 102 Å². The van der Waals surface area contributed by atoms with Crippen molar-refractivity contribution in [2.75, 3.05) is 26.4 Å². The molecule has 1 amide bonds. The van der Waals surface area contributed by atoms with Crippen LogP contribution in [0, 0.1) is 0 Å². The number of carbonyl (C=O) groups is 3. The summed E-state index contributed by atoms with van der Waals surface area (Å²) in [6.07, 6.45) is 3.88. The summed E-state index contributed by atoms with van der Waals surface area (Å²) in [5, 5.41) is 11.0. The van der Waals surface area contributed by atoms with Gasteiger partial charge in [-0.3, -0.25) is 14.4 Å². The minimum Gasteiger partial charge on any atom is -0.481 e. The lowest BCUT2D eigenvalue weighted by Crippen LogP contribution is -2.25. The first-order valence-electron chi connectivity index (χ1n) is 7.78. The maximum absolute atomic E-state index is 11.3. The normalized spacial score (nSPS) is 10.2. The lowest BCUT2D eigenvalue weighted by atomic mass is 10.2. The molecular weight excluding hydrogens is 290 g/mol. The molecule has 0 aromatic rings. The Morgan fingerprint density at radius 3 is 2.41 bits per heavy atom. The Kier molecular flexibility index (Phi) is 13.3. The predicted molar refractivity (Wildman–Crippen MR) is 80.4 cm³/mol. The molecule has 0 aliphatic carbocycles. The summed E-state index contributed by atoms with van der Waals surface area (Å²) < 4.78 is 10.3. The van der Waals surface area contributed by atoms with E-state index in [1.165, 1.54) is 0 Å². The number of amides is 1. The van der Waals surface area contributed by atoms with Gasteiger partial charge < -0.3 is 19.9 Å². The third kappa shape index (κ3) is 14.8. The molecule has 0 saturated carbocycles. The van der Waals surface area contributed by atoms with Crippen LogP contribution in [0.2, 0.25) is 0 Å². The van der Waals surface area contributed by atoms with Gasteiger partial charge in [0.15, 0.2) is 0 Å².